The van der Waals surface area contributed by atoms with Crippen LogP contribution in [0.5, 0.6) is 0 Å². The minimum Gasteiger partial charge on any atom is -0.352 e. The smallest absolute Gasteiger partial charge is 0.124 e. The lowest BCUT2D eigenvalue weighted by Gasteiger charge is -2.20. The summed E-state index contributed by atoms with van der Waals surface area (Å²) >= 11 is 1.66. The Hall–Kier alpha value is -2.07. The summed E-state index contributed by atoms with van der Waals surface area (Å²) in [6.07, 6.45) is 3.72. The van der Waals surface area contributed by atoms with Crippen LogP contribution in [0.3, 0.4) is 0 Å². The summed E-state index contributed by atoms with van der Waals surface area (Å²) in [7, 11) is 0. The number of benzene rings is 1. The van der Waals surface area contributed by atoms with E-state index in [9.17, 15) is 0 Å². The second-order valence-electron chi connectivity index (χ2n) is 4.10. The van der Waals surface area contributed by atoms with Crippen molar-refractivity contribution in [3.8, 4) is 0 Å². The topological polar surface area (TPSA) is 37.8 Å². The Balaban J connectivity index is 1.98. The van der Waals surface area contributed by atoms with Gasteiger partial charge in [0.1, 0.15) is 5.03 Å². The van der Waals surface area contributed by atoms with Gasteiger partial charge in [-0.05, 0) is 18.2 Å². The molecule has 0 saturated carbocycles. The number of nitrogens with zero attached hydrogens (tertiary/aromatic N) is 2. The summed E-state index contributed by atoms with van der Waals surface area (Å²) < 4.78 is 0. The first-order valence-electron chi connectivity index (χ1n) is 5.69. The third kappa shape index (κ3) is 1.39. The molecule has 3 aromatic rings. The van der Waals surface area contributed by atoms with Gasteiger partial charge in [-0.1, -0.05) is 30.0 Å². The molecule has 0 fully saturated rings. The molecule has 18 heavy (non-hydrogen) atoms. The van der Waals surface area contributed by atoms with E-state index in [-0.39, 0.29) is 0 Å². The highest BCUT2D eigenvalue weighted by molar-refractivity contribution is 7.99. The molecule has 0 amide bonds. The Labute approximate surface area is 108 Å². The van der Waals surface area contributed by atoms with E-state index in [1.165, 1.54) is 0 Å². The van der Waals surface area contributed by atoms with E-state index in [0.29, 0.717) is 0 Å². The van der Waals surface area contributed by atoms with E-state index < -0.39 is 0 Å². The fraction of sp³-hybridized carbons (Fsp3) is 0. The molecule has 3 nitrogen and oxygen atoms in total. The predicted octanol–water partition coefficient (Wildman–Crippen LogP) is 3.84. The highest BCUT2D eigenvalue weighted by Crippen LogP contribution is 2.44. The molecular weight excluding hydrogens is 242 g/mol. The number of pyridine rings is 2. The highest BCUT2D eigenvalue weighted by atomic mass is 32.2. The van der Waals surface area contributed by atoms with Gasteiger partial charge in [0.2, 0.25) is 0 Å². The molecule has 1 aromatic carbocycles. The van der Waals surface area contributed by atoms with Crippen LogP contribution in [-0.4, -0.2) is 9.97 Å². The molecule has 0 spiro atoms. The van der Waals surface area contributed by atoms with E-state index >= 15 is 0 Å². The molecule has 3 heterocycles. The SMILES string of the molecule is c1cnc2c(c1)Nc1c(cnc3ccccc13)S2. The third-order valence-corrected chi connectivity index (χ3v) is 4.03. The first-order valence-corrected chi connectivity index (χ1v) is 6.51. The molecule has 2 aromatic heterocycles. The van der Waals surface area contributed by atoms with Crippen LogP contribution in [0.2, 0.25) is 0 Å². The van der Waals surface area contributed by atoms with Crippen molar-refractivity contribution in [2.24, 2.45) is 0 Å². The van der Waals surface area contributed by atoms with E-state index in [1.54, 1.807) is 11.8 Å². The zero-order valence-electron chi connectivity index (χ0n) is 9.42. The Morgan fingerprint density at radius 2 is 1.94 bits per heavy atom. The molecule has 1 aliphatic heterocycles. The summed E-state index contributed by atoms with van der Waals surface area (Å²) in [4.78, 5) is 9.97. The van der Waals surface area contributed by atoms with E-state index in [1.807, 2.05) is 42.7 Å². The van der Waals surface area contributed by atoms with Crippen LogP contribution in [0.25, 0.3) is 10.9 Å². The lowest BCUT2D eigenvalue weighted by Crippen LogP contribution is -2.02. The zero-order valence-corrected chi connectivity index (χ0v) is 10.2. The molecule has 1 N–H and O–H groups in total. The number of aromatic nitrogens is 2. The van der Waals surface area contributed by atoms with Crippen molar-refractivity contribution in [3.05, 3.63) is 48.8 Å². The van der Waals surface area contributed by atoms with Crippen LogP contribution in [0.1, 0.15) is 0 Å². The first-order chi connectivity index (χ1) is 8.92. The summed E-state index contributed by atoms with van der Waals surface area (Å²) in [5.74, 6) is 0. The number of nitrogens with one attached hydrogen (secondary N) is 1. The van der Waals surface area contributed by atoms with E-state index in [0.717, 1.165) is 32.2 Å². The molecule has 4 rings (SSSR count). The number of fused-ring (bicyclic) bond motifs is 4. The van der Waals surface area contributed by atoms with Crippen molar-refractivity contribution in [1.82, 2.24) is 9.97 Å². The minimum absolute atomic E-state index is 1.00. The van der Waals surface area contributed by atoms with Gasteiger partial charge in [-0.3, -0.25) is 4.98 Å². The lowest BCUT2D eigenvalue weighted by atomic mass is 10.2. The maximum Gasteiger partial charge on any atom is 0.124 e. The predicted molar refractivity (Wildman–Crippen MR) is 73.4 cm³/mol. The van der Waals surface area contributed by atoms with Crippen LogP contribution in [0.15, 0.2) is 58.7 Å². The van der Waals surface area contributed by atoms with Gasteiger partial charge >= 0.3 is 0 Å². The van der Waals surface area contributed by atoms with Gasteiger partial charge in [0.05, 0.1) is 21.8 Å². The molecule has 0 radical (unpaired) electrons. The van der Waals surface area contributed by atoms with Crippen LogP contribution < -0.4 is 5.32 Å². The minimum atomic E-state index is 1.00. The summed E-state index contributed by atoms with van der Waals surface area (Å²) in [6.45, 7) is 0. The molecule has 4 heteroatoms. The van der Waals surface area contributed by atoms with Crippen molar-refractivity contribution in [2.75, 3.05) is 5.32 Å². The number of rotatable bonds is 0. The summed E-state index contributed by atoms with van der Waals surface area (Å²) in [5, 5.41) is 5.61. The Kier molecular flexibility index (Phi) is 2.04. The number of anilines is 2. The fourth-order valence-corrected chi connectivity index (χ4v) is 3.05. The highest BCUT2D eigenvalue weighted by Gasteiger charge is 2.18. The molecule has 0 unspecified atom stereocenters. The first kappa shape index (κ1) is 9.91. The van der Waals surface area contributed by atoms with Gasteiger partial charge < -0.3 is 5.32 Å². The van der Waals surface area contributed by atoms with Gasteiger partial charge in [0.15, 0.2) is 0 Å². The maximum absolute atomic E-state index is 4.48. The Bertz CT molecular complexity index is 755. The van der Waals surface area contributed by atoms with Crippen molar-refractivity contribution >= 4 is 34.0 Å². The Morgan fingerprint density at radius 1 is 1.00 bits per heavy atom. The Morgan fingerprint density at radius 3 is 2.94 bits per heavy atom. The molecule has 86 valence electrons. The van der Waals surface area contributed by atoms with Gasteiger partial charge in [-0.15, -0.1) is 0 Å². The number of hydrogen-bond donors (Lipinski definition) is 1. The summed E-state index contributed by atoms with van der Waals surface area (Å²) in [6, 6.07) is 12.2. The molecule has 1 aliphatic rings. The van der Waals surface area contributed by atoms with E-state index in [2.05, 4.69) is 21.4 Å². The average Bonchev–Trinajstić information content (AvgIpc) is 2.45. The van der Waals surface area contributed by atoms with Gasteiger partial charge in [0.25, 0.3) is 0 Å². The van der Waals surface area contributed by atoms with Crippen LogP contribution in [0, 0.1) is 0 Å². The molecule has 0 saturated heterocycles. The van der Waals surface area contributed by atoms with Crippen molar-refractivity contribution in [1.29, 1.82) is 0 Å². The average molecular weight is 251 g/mol. The zero-order chi connectivity index (χ0) is 11.9. The van der Waals surface area contributed by atoms with Crippen LogP contribution >= 0.6 is 11.8 Å². The van der Waals surface area contributed by atoms with Crippen molar-refractivity contribution in [3.63, 3.8) is 0 Å². The molecule has 0 bridgehead atoms. The lowest BCUT2D eigenvalue weighted by molar-refractivity contribution is 1.11. The molecular formula is C14H9N3S. The molecule has 0 aliphatic carbocycles. The number of hydrogen-bond acceptors (Lipinski definition) is 4. The van der Waals surface area contributed by atoms with E-state index in [4.69, 9.17) is 0 Å². The number of para-hydroxylation sites is 1. The standard InChI is InChI=1S/C14H9N3S/c1-2-5-10-9(4-1)13-12(8-16-10)18-14-11(17-13)6-3-7-15-14/h1-8,17H. The van der Waals surface area contributed by atoms with Gasteiger partial charge in [-0.2, -0.15) is 0 Å². The normalized spacial score (nSPS) is 12.7. The van der Waals surface area contributed by atoms with Crippen molar-refractivity contribution in [2.45, 2.75) is 9.92 Å². The monoisotopic (exact) mass is 251 g/mol. The quantitative estimate of drug-likeness (QED) is 0.515. The maximum atomic E-state index is 4.48. The summed E-state index contributed by atoms with van der Waals surface area (Å²) in [5.41, 5.74) is 3.20. The van der Waals surface area contributed by atoms with Crippen molar-refractivity contribution < 1.29 is 0 Å². The van der Waals surface area contributed by atoms with Crippen LogP contribution in [0.4, 0.5) is 11.4 Å². The largest absolute Gasteiger partial charge is 0.352 e. The third-order valence-electron chi connectivity index (χ3n) is 2.98. The molecule has 0 atom stereocenters. The second-order valence-corrected chi connectivity index (χ2v) is 5.13. The van der Waals surface area contributed by atoms with Crippen LogP contribution in [-0.2, 0) is 0 Å². The van der Waals surface area contributed by atoms with Gasteiger partial charge in [-0.25, -0.2) is 4.98 Å². The van der Waals surface area contributed by atoms with Gasteiger partial charge in [0, 0.05) is 17.8 Å². The second kappa shape index (κ2) is 3.71. The fourth-order valence-electron chi connectivity index (χ4n) is 2.14.